The molecule has 0 spiro atoms. The third-order valence-electron chi connectivity index (χ3n) is 19.3. The molecule has 29 heteroatoms. The Labute approximate surface area is 642 Å². The molecule has 0 saturated heterocycles. The van der Waals surface area contributed by atoms with E-state index >= 15 is 0 Å². The van der Waals surface area contributed by atoms with Crippen molar-refractivity contribution in [1.82, 2.24) is 44.4 Å². The Kier molecular flexibility index (Phi) is 20.7. The number of hydrogen-bond donors (Lipinski definition) is 4. The van der Waals surface area contributed by atoms with Gasteiger partial charge in [-0.05, 0) is 207 Å². The van der Waals surface area contributed by atoms with Crippen molar-refractivity contribution in [1.29, 1.82) is 0 Å². The van der Waals surface area contributed by atoms with Crippen LogP contribution in [0.2, 0.25) is 0 Å². The highest BCUT2D eigenvalue weighted by Gasteiger charge is 2.49. The number of para-hydroxylation sites is 1. The predicted molar refractivity (Wildman–Crippen MR) is 410 cm³/mol. The smallest absolute Gasteiger partial charge is 0.338 e. The monoisotopic (exact) mass is 1560 g/mol. The van der Waals surface area contributed by atoms with Gasteiger partial charge in [0.25, 0.3) is 11.8 Å². The summed E-state index contributed by atoms with van der Waals surface area (Å²) in [5.41, 5.74) is 1.83. The molecular formula is C85H64F11N13O5. The highest BCUT2D eigenvalue weighted by Crippen LogP contribution is 2.52. The third kappa shape index (κ3) is 14.9. The minimum atomic E-state index is -4.82. The van der Waals surface area contributed by atoms with Gasteiger partial charge in [0.2, 0.25) is 23.7 Å². The summed E-state index contributed by atoms with van der Waals surface area (Å²) in [5.74, 6) is -3.25. The van der Waals surface area contributed by atoms with E-state index in [9.17, 15) is 72.3 Å². The Bertz CT molecular complexity index is 6170. The standard InChI is InChI=1S/C29H22F4N4O2.C29H20F4N4O.C26H18F3N5O2.CH4/c1-16-8-10-18(15-22(16)30)36-25(38)20-14-17(9-11-21(20)29(31,32)33)19-6-4-7-23-24(19)28(2,3)26(39)37(23)27-34-12-5-13-35-27;1-28(2)25-19(6-3-7-24(25)37(27(28)38)18-5-4-12-34-15-18)16-8-10-21(29(31,32)33)20(13-16)26-35-22-11-9-17(30)14-23(22)36-26;1-15-6-9-17(10-7-15)32-23(35)19-14-16(8-11-20(19)26(27,28)29)18-4-2-5-21-22(18)33-25(36)34(21)24-30-12-3-13-31-24;/h4-15H,1-3H3,(H,36,38);3-15H,1-2H3,(H,35,36);2-14H,1H3,(H,32,35)(H,33,36);1H4. The number of pyridine rings is 1. The third-order valence-corrected chi connectivity index (χ3v) is 19.3. The number of H-pyrrole nitrogens is 2. The second-order valence-electron chi connectivity index (χ2n) is 27.5. The molecule has 576 valence electrons. The fraction of sp³-hybridized carbons (Fsp3) is 0.141. The van der Waals surface area contributed by atoms with Gasteiger partial charge in [0, 0.05) is 53.5 Å². The molecule has 7 heterocycles. The van der Waals surface area contributed by atoms with E-state index in [1.54, 1.807) is 142 Å². The van der Waals surface area contributed by atoms with Gasteiger partial charge in [-0.3, -0.25) is 29.1 Å². The molecule has 5 aromatic heterocycles. The first-order chi connectivity index (χ1) is 53.7. The lowest BCUT2D eigenvalue weighted by atomic mass is 9.81. The van der Waals surface area contributed by atoms with Gasteiger partial charge in [0.1, 0.15) is 17.5 Å². The Hall–Kier alpha value is -13.9. The molecule has 2 aliphatic heterocycles. The Morgan fingerprint density at radius 1 is 0.474 bits per heavy atom. The molecule has 18 nitrogen and oxygen atoms in total. The van der Waals surface area contributed by atoms with Gasteiger partial charge in [-0.1, -0.05) is 85.8 Å². The topological polar surface area (TPSA) is 230 Å². The van der Waals surface area contributed by atoms with E-state index in [1.165, 1.54) is 102 Å². The van der Waals surface area contributed by atoms with Crippen LogP contribution >= 0.6 is 0 Å². The number of nitrogens with zero attached hydrogens (tertiary/aromatic N) is 9. The Morgan fingerprint density at radius 3 is 1.54 bits per heavy atom. The van der Waals surface area contributed by atoms with Gasteiger partial charge in [-0.25, -0.2) is 48.0 Å². The second-order valence-corrected chi connectivity index (χ2v) is 27.5. The van der Waals surface area contributed by atoms with Crippen LogP contribution in [-0.2, 0) is 38.9 Å². The number of aromatic nitrogens is 9. The molecule has 9 aromatic carbocycles. The van der Waals surface area contributed by atoms with Crippen LogP contribution in [0.1, 0.15) is 94.8 Å². The Balaban J connectivity index is 0.000000149. The first kappa shape index (κ1) is 78.3. The average molecular weight is 1560 g/mol. The van der Waals surface area contributed by atoms with Crippen molar-refractivity contribution in [2.75, 3.05) is 20.4 Å². The van der Waals surface area contributed by atoms with Gasteiger partial charge in [-0.15, -0.1) is 0 Å². The fourth-order valence-corrected chi connectivity index (χ4v) is 13.8. The number of benzene rings is 9. The number of nitrogens with one attached hydrogen (secondary N) is 4. The maximum Gasteiger partial charge on any atom is 0.417 e. The van der Waals surface area contributed by atoms with Crippen LogP contribution in [-0.4, -0.2) is 68.1 Å². The number of carbonyl (C=O) groups is 4. The van der Waals surface area contributed by atoms with Crippen molar-refractivity contribution in [3.8, 4) is 50.7 Å². The van der Waals surface area contributed by atoms with Gasteiger partial charge in [0.15, 0.2) is 0 Å². The van der Waals surface area contributed by atoms with Crippen molar-refractivity contribution in [2.45, 2.75) is 78.3 Å². The number of aryl methyl sites for hydroxylation is 2. The number of fused-ring (bicyclic) bond motifs is 4. The number of aromatic amines is 2. The summed E-state index contributed by atoms with van der Waals surface area (Å²) in [5, 5.41) is 4.89. The maximum atomic E-state index is 14.1. The van der Waals surface area contributed by atoms with Crippen LogP contribution in [0.4, 0.5) is 82.7 Å². The van der Waals surface area contributed by atoms with Crippen LogP contribution in [0, 0.1) is 25.5 Å². The molecule has 4 N–H and O–H groups in total. The van der Waals surface area contributed by atoms with E-state index in [2.05, 4.69) is 50.5 Å². The lowest BCUT2D eigenvalue weighted by Gasteiger charge is -2.21. The van der Waals surface area contributed by atoms with Crippen molar-refractivity contribution in [3.63, 3.8) is 0 Å². The highest BCUT2D eigenvalue weighted by molar-refractivity contribution is 6.15. The molecule has 16 rings (SSSR count). The van der Waals surface area contributed by atoms with Crippen molar-refractivity contribution < 1.29 is 67.5 Å². The lowest BCUT2D eigenvalue weighted by Crippen LogP contribution is -2.34. The molecule has 0 saturated carbocycles. The maximum absolute atomic E-state index is 14.1. The number of alkyl halides is 9. The Morgan fingerprint density at radius 2 is 0.982 bits per heavy atom. The highest BCUT2D eigenvalue weighted by atomic mass is 19.4. The molecule has 0 unspecified atom stereocenters. The van der Waals surface area contributed by atoms with Crippen LogP contribution in [0.5, 0.6) is 0 Å². The predicted octanol–water partition coefficient (Wildman–Crippen LogP) is 20.2. The SMILES string of the molecule is C.CC1(C)C(=O)N(c2cccnc2)c2cccc(-c3ccc(C(F)(F)F)c(-c4nc5ccc(F)cc5[nH]4)c3)c21.Cc1ccc(NC(=O)c2cc(-c3cccc4c3C(C)(C)C(=O)N4c3ncccn3)ccc2C(F)(F)F)cc1F.Cc1ccc(NC(=O)c2cc(-c3cccc4c3[nH]c(=O)n4-c3ncccn3)ccc2C(F)(F)F)cc1. The van der Waals surface area contributed by atoms with Crippen molar-refractivity contribution in [2.24, 2.45) is 0 Å². The van der Waals surface area contributed by atoms with E-state index in [0.29, 0.717) is 89.4 Å². The number of carbonyl (C=O) groups excluding carboxylic acids is 4. The molecule has 2 aliphatic rings. The first-order valence-electron chi connectivity index (χ1n) is 34.6. The van der Waals surface area contributed by atoms with E-state index < -0.39 is 86.3 Å². The fourth-order valence-electron chi connectivity index (χ4n) is 13.8. The van der Waals surface area contributed by atoms with Gasteiger partial charge < -0.3 is 20.6 Å². The minimum Gasteiger partial charge on any atom is -0.338 e. The number of amides is 4. The summed E-state index contributed by atoms with van der Waals surface area (Å²) in [6.07, 6.45) is -5.01. The number of imidazole rings is 2. The number of halogens is 11. The zero-order chi connectivity index (χ0) is 80.4. The van der Waals surface area contributed by atoms with Crippen LogP contribution < -0.4 is 26.1 Å². The van der Waals surface area contributed by atoms with Crippen LogP contribution in [0.3, 0.4) is 0 Å². The van der Waals surface area contributed by atoms with Gasteiger partial charge in [0.05, 0.1) is 84.0 Å². The normalized spacial score (nSPS) is 13.5. The summed E-state index contributed by atoms with van der Waals surface area (Å²) in [6.45, 7) is 10.4. The summed E-state index contributed by atoms with van der Waals surface area (Å²) in [7, 11) is 0. The largest absolute Gasteiger partial charge is 0.417 e. The summed E-state index contributed by atoms with van der Waals surface area (Å²) >= 11 is 0. The second kappa shape index (κ2) is 30.1. The molecule has 4 amide bonds. The summed E-state index contributed by atoms with van der Waals surface area (Å²) in [4.78, 5) is 99.4. The molecule has 0 aliphatic carbocycles. The quantitative estimate of drug-likeness (QED) is 0.0890. The number of anilines is 6. The molecular weight excluding hydrogens is 1490 g/mol. The van der Waals surface area contributed by atoms with Crippen LogP contribution in [0.15, 0.2) is 236 Å². The van der Waals surface area contributed by atoms with E-state index in [4.69, 9.17) is 0 Å². The molecule has 0 radical (unpaired) electrons. The number of hydrogen-bond acceptors (Lipinski definition) is 11. The first-order valence-corrected chi connectivity index (χ1v) is 34.6. The minimum absolute atomic E-state index is 0. The average Bonchev–Trinajstić information content (AvgIpc) is 1.57. The molecule has 0 fully saturated rings. The van der Waals surface area contributed by atoms with Crippen molar-refractivity contribution >= 4 is 80.1 Å². The molecule has 0 bridgehead atoms. The summed E-state index contributed by atoms with van der Waals surface area (Å²) in [6, 6.07) is 47.0. The molecule has 0 atom stereocenters. The summed E-state index contributed by atoms with van der Waals surface area (Å²) < 4.78 is 154. The lowest BCUT2D eigenvalue weighted by molar-refractivity contribution is -0.138. The van der Waals surface area contributed by atoms with E-state index in [0.717, 1.165) is 35.9 Å². The number of rotatable bonds is 11. The zero-order valence-electron chi connectivity index (χ0n) is 60.2. The van der Waals surface area contributed by atoms with Crippen molar-refractivity contribution in [3.05, 3.63) is 303 Å². The molecule has 114 heavy (non-hydrogen) atoms. The molecule has 14 aromatic rings. The van der Waals surface area contributed by atoms with Gasteiger partial charge >= 0.3 is 24.2 Å². The van der Waals surface area contributed by atoms with E-state index in [-0.39, 0.29) is 53.7 Å². The van der Waals surface area contributed by atoms with Gasteiger partial charge in [-0.2, -0.15) is 39.5 Å². The van der Waals surface area contributed by atoms with E-state index in [1.807, 2.05) is 13.0 Å². The van der Waals surface area contributed by atoms with Crippen LogP contribution in [0.25, 0.3) is 72.8 Å². The zero-order valence-corrected chi connectivity index (χ0v) is 60.2.